The van der Waals surface area contributed by atoms with Gasteiger partial charge >= 0.3 is 0 Å². The Hall–Kier alpha value is -3.04. The highest BCUT2D eigenvalue weighted by Crippen LogP contribution is 2.36. The molecule has 2 N–H and O–H groups in total. The topological polar surface area (TPSA) is 72.5 Å². The summed E-state index contributed by atoms with van der Waals surface area (Å²) in [6.07, 6.45) is 0.403. The fourth-order valence-electron chi connectivity index (χ4n) is 3.36. The number of nitrogens with one attached hydrogen (secondary N) is 2. The Labute approximate surface area is 205 Å². The van der Waals surface area contributed by atoms with E-state index in [1.165, 1.54) is 7.11 Å². The van der Waals surface area contributed by atoms with Gasteiger partial charge in [-0.05, 0) is 49.3 Å². The number of aromatic nitrogens is 1. The van der Waals surface area contributed by atoms with Crippen LogP contribution in [0.5, 0.6) is 17.2 Å². The van der Waals surface area contributed by atoms with Crippen LogP contribution in [0.15, 0.2) is 42.6 Å². The minimum absolute atomic E-state index is 0.197. The van der Waals surface area contributed by atoms with Gasteiger partial charge in [0.05, 0.1) is 28.9 Å². The molecular weight excluding hydrogens is 484 g/mol. The summed E-state index contributed by atoms with van der Waals surface area (Å²) >= 11 is 11.7. The van der Waals surface area contributed by atoms with Crippen LogP contribution in [0.25, 0.3) is 10.9 Å². The molecule has 1 aromatic heterocycles. The van der Waals surface area contributed by atoms with Crippen molar-refractivity contribution in [1.82, 2.24) is 10.3 Å². The molecule has 178 valence electrons. The molecule has 34 heavy (non-hydrogen) atoms. The summed E-state index contributed by atoms with van der Waals surface area (Å²) in [6, 6.07) is 10.4. The molecule has 0 saturated heterocycles. The maximum atomic E-state index is 12.6. The van der Waals surface area contributed by atoms with E-state index in [9.17, 15) is 13.6 Å². The van der Waals surface area contributed by atoms with Crippen molar-refractivity contribution in [2.75, 3.05) is 12.4 Å². The first-order valence-electron chi connectivity index (χ1n) is 10.7. The van der Waals surface area contributed by atoms with Gasteiger partial charge < -0.3 is 20.1 Å². The number of anilines is 1. The molecule has 1 fully saturated rings. The van der Waals surface area contributed by atoms with Crippen LogP contribution in [0.3, 0.4) is 0 Å². The Morgan fingerprint density at radius 1 is 1.24 bits per heavy atom. The first-order valence-corrected chi connectivity index (χ1v) is 11.5. The van der Waals surface area contributed by atoms with E-state index in [1.807, 2.05) is 0 Å². The highest BCUT2D eigenvalue weighted by atomic mass is 35.5. The number of ether oxygens (including phenoxy) is 2. The van der Waals surface area contributed by atoms with E-state index in [1.54, 1.807) is 42.6 Å². The number of pyridine rings is 1. The highest BCUT2D eigenvalue weighted by molar-refractivity contribution is 7.80. The molecule has 1 aliphatic carbocycles. The number of hydrogen-bond acceptors (Lipinski definition) is 5. The number of benzene rings is 2. The van der Waals surface area contributed by atoms with Crippen LogP contribution in [-0.4, -0.2) is 35.5 Å². The van der Waals surface area contributed by atoms with Crippen LogP contribution in [0.2, 0.25) is 5.02 Å². The van der Waals surface area contributed by atoms with Crippen molar-refractivity contribution in [2.24, 2.45) is 0 Å². The van der Waals surface area contributed by atoms with Gasteiger partial charge in [-0.2, -0.15) is 0 Å². The molecule has 0 atom stereocenters. The number of fused-ring (bicyclic) bond motifs is 1. The molecule has 1 saturated carbocycles. The van der Waals surface area contributed by atoms with Crippen molar-refractivity contribution in [2.45, 2.75) is 38.2 Å². The molecule has 10 heteroatoms. The third kappa shape index (κ3) is 5.90. The number of thiocarbonyl (C=S) groups is 1. The van der Waals surface area contributed by atoms with Crippen molar-refractivity contribution < 1.29 is 23.0 Å². The maximum Gasteiger partial charge on any atom is 0.239 e. The standard InChI is InChI=1S/C24H22ClF2N3O3S/c1-32-22-12-19-15(11-16(22)20(31)6-7-23(26)27)21(8-9-28-19)33-14-4-5-18(17(25)10-14)30-24(34)29-13-2-3-13/h4-5,8-13,23H,2-3,6-7H2,1H3,(H2,29,30,34). The summed E-state index contributed by atoms with van der Waals surface area (Å²) in [6.45, 7) is 0. The van der Waals surface area contributed by atoms with Crippen LogP contribution in [0.1, 0.15) is 36.0 Å². The van der Waals surface area contributed by atoms with Crippen molar-refractivity contribution in [3.63, 3.8) is 0 Å². The van der Waals surface area contributed by atoms with Gasteiger partial charge in [0, 0.05) is 42.6 Å². The number of carbonyl (C=O) groups is 1. The number of methoxy groups -OCH3 is 1. The lowest BCUT2D eigenvalue weighted by molar-refractivity contribution is 0.0906. The number of Topliss-reactive ketones (excluding diaryl/α,β-unsaturated/α-hetero) is 1. The zero-order valence-corrected chi connectivity index (χ0v) is 19.8. The third-order valence-corrected chi connectivity index (χ3v) is 5.77. The van der Waals surface area contributed by atoms with Crippen molar-refractivity contribution in [1.29, 1.82) is 0 Å². The van der Waals surface area contributed by atoms with E-state index in [-0.39, 0.29) is 17.7 Å². The molecule has 0 unspecified atom stereocenters. The zero-order chi connectivity index (χ0) is 24.2. The highest BCUT2D eigenvalue weighted by Gasteiger charge is 2.22. The third-order valence-electron chi connectivity index (χ3n) is 5.24. The zero-order valence-electron chi connectivity index (χ0n) is 18.2. The molecule has 2 aromatic carbocycles. The number of alkyl halides is 2. The molecule has 3 aromatic rings. The van der Waals surface area contributed by atoms with Crippen LogP contribution in [0.4, 0.5) is 14.5 Å². The molecule has 1 heterocycles. The van der Waals surface area contributed by atoms with E-state index >= 15 is 0 Å². The largest absolute Gasteiger partial charge is 0.496 e. The van der Waals surface area contributed by atoms with Gasteiger partial charge in [-0.3, -0.25) is 9.78 Å². The first-order chi connectivity index (χ1) is 16.3. The van der Waals surface area contributed by atoms with Gasteiger partial charge in [-0.15, -0.1) is 0 Å². The summed E-state index contributed by atoms with van der Waals surface area (Å²) in [5.41, 5.74) is 1.37. The monoisotopic (exact) mass is 505 g/mol. The number of rotatable bonds is 9. The second-order valence-corrected chi connectivity index (χ2v) is 8.66. The SMILES string of the molecule is COc1cc2nccc(Oc3ccc(NC(=S)NC4CC4)c(Cl)c3)c2cc1C(=O)CCC(F)F. The summed E-state index contributed by atoms with van der Waals surface area (Å²) < 4.78 is 36.5. The van der Waals surface area contributed by atoms with Gasteiger partial charge in [0.2, 0.25) is 6.43 Å². The molecule has 0 spiro atoms. The second kappa shape index (κ2) is 10.5. The van der Waals surface area contributed by atoms with Crippen LogP contribution >= 0.6 is 23.8 Å². The summed E-state index contributed by atoms with van der Waals surface area (Å²) in [5.74, 6) is 0.720. The van der Waals surface area contributed by atoms with E-state index in [0.29, 0.717) is 44.3 Å². The fourth-order valence-corrected chi connectivity index (χ4v) is 3.85. The van der Waals surface area contributed by atoms with Crippen molar-refractivity contribution in [3.05, 3.63) is 53.2 Å². The fraction of sp³-hybridized carbons (Fsp3) is 0.292. The minimum Gasteiger partial charge on any atom is -0.496 e. The van der Waals surface area contributed by atoms with Gasteiger partial charge in [0.1, 0.15) is 17.2 Å². The van der Waals surface area contributed by atoms with Crippen molar-refractivity contribution in [3.8, 4) is 17.2 Å². The Bertz CT molecular complexity index is 1240. The summed E-state index contributed by atoms with van der Waals surface area (Å²) in [4.78, 5) is 16.9. The van der Waals surface area contributed by atoms with Gasteiger partial charge in [0.25, 0.3) is 0 Å². The number of hydrogen-bond donors (Lipinski definition) is 2. The lowest BCUT2D eigenvalue weighted by atomic mass is 10.0. The molecule has 0 bridgehead atoms. The Kier molecular flexibility index (Phi) is 7.43. The maximum absolute atomic E-state index is 12.6. The smallest absolute Gasteiger partial charge is 0.239 e. The van der Waals surface area contributed by atoms with E-state index in [2.05, 4.69) is 15.6 Å². The lowest BCUT2D eigenvalue weighted by Gasteiger charge is -2.14. The average Bonchev–Trinajstić information content (AvgIpc) is 3.62. The summed E-state index contributed by atoms with van der Waals surface area (Å²) in [7, 11) is 1.41. The molecule has 6 nitrogen and oxygen atoms in total. The van der Waals surface area contributed by atoms with Crippen LogP contribution < -0.4 is 20.1 Å². The van der Waals surface area contributed by atoms with E-state index in [4.69, 9.17) is 33.3 Å². The van der Waals surface area contributed by atoms with Gasteiger partial charge in [-0.1, -0.05) is 11.6 Å². The Morgan fingerprint density at radius 2 is 2.03 bits per heavy atom. The first kappa shape index (κ1) is 24.1. The predicted molar refractivity (Wildman–Crippen MR) is 132 cm³/mol. The molecule has 0 radical (unpaired) electrons. The van der Waals surface area contributed by atoms with Crippen LogP contribution in [0, 0.1) is 0 Å². The number of ketones is 1. The van der Waals surface area contributed by atoms with Crippen LogP contribution in [-0.2, 0) is 0 Å². The predicted octanol–water partition coefficient (Wildman–Crippen LogP) is 6.37. The normalized spacial score (nSPS) is 13.1. The molecule has 1 aliphatic rings. The number of nitrogens with zero attached hydrogens (tertiary/aromatic N) is 1. The lowest BCUT2D eigenvalue weighted by Crippen LogP contribution is -2.30. The van der Waals surface area contributed by atoms with Gasteiger partial charge in [-0.25, -0.2) is 8.78 Å². The van der Waals surface area contributed by atoms with Gasteiger partial charge in [0.15, 0.2) is 10.9 Å². The van der Waals surface area contributed by atoms with E-state index in [0.717, 1.165) is 12.8 Å². The second-order valence-electron chi connectivity index (χ2n) is 7.85. The average molecular weight is 506 g/mol. The number of halogens is 3. The van der Waals surface area contributed by atoms with E-state index < -0.39 is 18.6 Å². The quantitative estimate of drug-likeness (QED) is 0.259. The Balaban J connectivity index is 1.58. The Morgan fingerprint density at radius 3 is 2.71 bits per heavy atom. The minimum atomic E-state index is -2.56. The molecule has 4 rings (SSSR count). The molecule has 0 amide bonds. The van der Waals surface area contributed by atoms with Crippen molar-refractivity contribution >= 4 is 51.3 Å². The summed E-state index contributed by atoms with van der Waals surface area (Å²) in [5, 5.41) is 7.73. The number of carbonyl (C=O) groups excluding carboxylic acids is 1. The molecular formula is C24H22ClF2N3O3S. The molecule has 0 aliphatic heterocycles.